The molecule has 0 fully saturated rings. The van der Waals surface area contributed by atoms with E-state index in [4.69, 9.17) is 19.5 Å². The fourth-order valence-electron chi connectivity index (χ4n) is 4.61. The minimum atomic E-state index is -0.824. The van der Waals surface area contributed by atoms with E-state index in [1.165, 1.54) is 11.1 Å². The van der Waals surface area contributed by atoms with Crippen LogP contribution in [0.15, 0.2) is 107 Å². The number of hydrogen-bond donors (Lipinski definition) is 2. The van der Waals surface area contributed by atoms with Crippen LogP contribution in [0.4, 0.5) is 0 Å². The van der Waals surface area contributed by atoms with Crippen LogP contribution in [0.5, 0.6) is 11.8 Å². The van der Waals surface area contributed by atoms with Gasteiger partial charge in [0.05, 0.1) is 12.4 Å². The molecule has 0 atom stereocenters. The maximum absolute atomic E-state index is 6.22. The van der Waals surface area contributed by atoms with Crippen LogP contribution in [0.3, 0.4) is 0 Å². The zero-order valence-electron chi connectivity index (χ0n) is 20.3. The average Bonchev–Trinajstić information content (AvgIpc) is 3.67. The topological polar surface area (TPSA) is 101 Å². The summed E-state index contributed by atoms with van der Waals surface area (Å²) in [6.45, 7) is 2.19. The van der Waals surface area contributed by atoms with Crippen molar-refractivity contribution in [3.05, 3.63) is 107 Å². The Hall–Kier alpha value is -4.14. The molecule has 9 heteroatoms. The number of hydrogen-bond acceptors (Lipinski definition) is 6. The SMILES string of the molecule is CCCCC1=C(B(Oc2ccn[nH]2)Oc2ccn[nH]2)N=NC1(Cc1ccccc1)Cc1ccccc1. The van der Waals surface area contributed by atoms with Crippen molar-refractivity contribution in [3.8, 4) is 11.8 Å². The molecule has 1 aliphatic rings. The molecule has 0 bridgehead atoms. The van der Waals surface area contributed by atoms with E-state index < -0.39 is 12.7 Å². The molecule has 2 aromatic heterocycles. The maximum atomic E-state index is 6.22. The van der Waals surface area contributed by atoms with Gasteiger partial charge in [-0.1, -0.05) is 74.0 Å². The van der Waals surface area contributed by atoms with Crippen molar-refractivity contribution in [2.75, 3.05) is 0 Å². The fraction of sp³-hybridized carbons (Fsp3) is 0.259. The second-order valence-electron chi connectivity index (χ2n) is 8.93. The van der Waals surface area contributed by atoms with Gasteiger partial charge in [0.2, 0.25) is 0 Å². The van der Waals surface area contributed by atoms with Crippen LogP contribution in [-0.4, -0.2) is 33.1 Å². The summed E-state index contributed by atoms with van der Waals surface area (Å²) in [5.74, 6) is 0.973. The normalized spacial score (nSPS) is 14.2. The standard InChI is InChI=1S/C27H29BN6O2/c1-2-3-14-23-26(28(35-24-15-17-29-31-24)36-25-16-18-30-32-25)33-34-27(23,19-21-10-6-4-7-11-21)20-22-12-8-5-9-13-22/h4-13,15-18H,2-3,14,19-20H2,1H3,(H,29,31)(H,30,32). The van der Waals surface area contributed by atoms with Crippen LogP contribution in [-0.2, 0) is 12.8 Å². The minimum Gasteiger partial charge on any atom is -0.507 e. The average molecular weight is 480 g/mol. The highest BCUT2D eigenvalue weighted by Gasteiger charge is 2.46. The summed E-state index contributed by atoms with van der Waals surface area (Å²) in [7, 11) is -0.824. The molecule has 0 saturated heterocycles. The van der Waals surface area contributed by atoms with E-state index in [0.29, 0.717) is 17.4 Å². The highest BCUT2D eigenvalue weighted by molar-refractivity contribution is 6.55. The number of aromatic nitrogens is 4. The van der Waals surface area contributed by atoms with Gasteiger partial charge in [0.1, 0.15) is 11.1 Å². The van der Waals surface area contributed by atoms with Crippen LogP contribution in [0, 0.1) is 0 Å². The van der Waals surface area contributed by atoms with Crippen molar-refractivity contribution in [1.82, 2.24) is 20.4 Å². The third kappa shape index (κ3) is 5.40. The number of nitrogens with zero attached hydrogens (tertiary/aromatic N) is 4. The van der Waals surface area contributed by atoms with Gasteiger partial charge >= 0.3 is 7.12 Å². The quantitative estimate of drug-likeness (QED) is 0.252. The van der Waals surface area contributed by atoms with Crippen molar-refractivity contribution in [2.24, 2.45) is 10.2 Å². The molecule has 0 aliphatic carbocycles. The molecule has 8 nitrogen and oxygen atoms in total. The molecule has 5 rings (SSSR count). The lowest BCUT2D eigenvalue weighted by atomic mass is 9.71. The van der Waals surface area contributed by atoms with E-state index in [-0.39, 0.29) is 0 Å². The van der Waals surface area contributed by atoms with E-state index in [9.17, 15) is 0 Å². The van der Waals surface area contributed by atoms with E-state index in [1.54, 1.807) is 24.5 Å². The molecular formula is C27H29BN6O2. The number of benzene rings is 2. The molecule has 0 spiro atoms. The fourth-order valence-corrected chi connectivity index (χ4v) is 4.61. The largest absolute Gasteiger partial charge is 0.656 e. The molecule has 36 heavy (non-hydrogen) atoms. The first kappa shape index (κ1) is 23.6. The lowest BCUT2D eigenvalue weighted by Gasteiger charge is -2.30. The van der Waals surface area contributed by atoms with Gasteiger partial charge in [0, 0.05) is 25.0 Å². The van der Waals surface area contributed by atoms with Crippen LogP contribution < -0.4 is 9.31 Å². The summed E-state index contributed by atoms with van der Waals surface area (Å²) in [6, 6.07) is 24.5. The molecule has 0 amide bonds. The Bertz CT molecular complexity index is 1200. The summed E-state index contributed by atoms with van der Waals surface area (Å²) < 4.78 is 12.4. The van der Waals surface area contributed by atoms with E-state index in [1.807, 2.05) is 12.1 Å². The molecule has 2 N–H and O–H groups in total. The second-order valence-corrected chi connectivity index (χ2v) is 8.93. The van der Waals surface area contributed by atoms with Gasteiger partial charge in [-0.3, -0.25) is 0 Å². The van der Waals surface area contributed by atoms with E-state index in [0.717, 1.165) is 37.7 Å². The van der Waals surface area contributed by atoms with Crippen LogP contribution in [0.1, 0.15) is 37.3 Å². The van der Waals surface area contributed by atoms with Crippen LogP contribution in [0.2, 0.25) is 0 Å². The monoisotopic (exact) mass is 480 g/mol. The van der Waals surface area contributed by atoms with Crippen LogP contribution >= 0.6 is 0 Å². The van der Waals surface area contributed by atoms with Crippen molar-refractivity contribution >= 4 is 7.12 Å². The minimum absolute atomic E-state index is 0.487. The molecule has 3 heterocycles. The predicted molar refractivity (Wildman–Crippen MR) is 139 cm³/mol. The number of azo groups is 1. The molecule has 0 saturated carbocycles. The summed E-state index contributed by atoms with van der Waals surface area (Å²) in [5.41, 5.74) is 3.71. The zero-order valence-corrected chi connectivity index (χ0v) is 20.3. The Balaban J connectivity index is 1.59. The van der Waals surface area contributed by atoms with E-state index in [2.05, 4.69) is 75.8 Å². The highest BCUT2D eigenvalue weighted by Crippen LogP contribution is 2.42. The Morgan fingerprint density at radius 2 is 1.33 bits per heavy atom. The Kier molecular flexibility index (Phi) is 7.26. The van der Waals surface area contributed by atoms with E-state index >= 15 is 0 Å². The molecule has 0 unspecified atom stereocenters. The summed E-state index contributed by atoms with van der Waals surface area (Å²) in [4.78, 5) is 0. The lowest BCUT2D eigenvalue weighted by molar-refractivity contribution is 0.411. The predicted octanol–water partition coefficient (Wildman–Crippen LogP) is 5.75. The second kappa shape index (κ2) is 11.1. The van der Waals surface area contributed by atoms with Crippen molar-refractivity contribution in [2.45, 2.75) is 44.6 Å². The zero-order chi connectivity index (χ0) is 24.6. The third-order valence-corrected chi connectivity index (χ3v) is 6.32. The smallest absolute Gasteiger partial charge is 0.507 e. The summed E-state index contributed by atoms with van der Waals surface area (Å²) >= 11 is 0. The van der Waals surface area contributed by atoms with Gasteiger partial charge in [-0.15, -0.1) is 0 Å². The Morgan fingerprint density at radius 1 is 0.778 bits per heavy atom. The van der Waals surface area contributed by atoms with Gasteiger partial charge in [-0.05, 0) is 29.5 Å². The lowest BCUT2D eigenvalue weighted by Crippen LogP contribution is -2.37. The third-order valence-electron chi connectivity index (χ3n) is 6.32. The highest BCUT2D eigenvalue weighted by atomic mass is 16.6. The number of H-pyrrole nitrogens is 2. The first-order valence-electron chi connectivity index (χ1n) is 12.3. The maximum Gasteiger partial charge on any atom is 0.656 e. The number of nitrogens with one attached hydrogen (secondary N) is 2. The summed E-state index contributed by atoms with van der Waals surface area (Å²) in [5, 5.41) is 23.5. The molecule has 4 aromatic rings. The molecule has 182 valence electrons. The number of rotatable bonds is 12. The van der Waals surface area contributed by atoms with Crippen molar-refractivity contribution < 1.29 is 9.31 Å². The Morgan fingerprint density at radius 3 is 1.81 bits per heavy atom. The van der Waals surface area contributed by atoms with Gasteiger partial charge < -0.3 is 9.31 Å². The molecule has 2 aromatic carbocycles. The first-order valence-corrected chi connectivity index (χ1v) is 12.3. The molecular weight excluding hydrogens is 451 g/mol. The van der Waals surface area contributed by atoms with Gasteiger partial charge in [0.25, 0.3) is 0 Å². The Labute approximate surface area is 211 Å². The molecule has 0 radical (unpaired) electrons. The first-order chi connectivity index (χ1) is 17.8. The number of aromatic amines is 2. The van der Waals surface area contributed by atoms with Gasteiger partial charge in [-0.25, -0.2) is 10.2 Å². The van der Waals surface area contributed by atoms with Crippen molar-refractivity contribution in [1.29, 1.82) is 0 Å². The van der Waals surface area contributed by atoms with Crippen LogP contribution in [0.25, 0.3) is 0 Å². The van der Waals surface area contributed by atoms with Crippen molar-refractivity contribution in [3.63, 3.8) is 0 Å². The van der Waals surface area contributed by atoms with Gasteiger partial charge in [-0.2, -0.15) is 20.4 Å². The number of unbranched alkanes of at least 4 members (excludes halogenated alkanes) is 1. The molecule has 1 aliphatic heterocycles. The van der Waals surface area contributed by atoms with Gasteiger partial charge in [0.15, 0.2) is 11.8 Å². The summed E-state index contributed by atoms with van der Waals surface area (Å²) in [6.07, 6.45) is 7.65.